The maximum atomic E-state index is 5.65. The molecular weight excluding hydrogens is 220 g/mol. The third-order valence-electron chi connectivity index (χ3n) is 2.13. The molecule has 0 aliphatic carbocycles. The molecule has 84 valence electrons. The van der Waals surface area contributed by atoms with Gasteiger partial charge in [-0.1, -0.05) is 6.07 Å². The van der Waals surface area contributed by atoms with Crippen LogP contribution in [0.2, 0.25) is 0 Å². The first kappa shape index (κ1) is 9.52. The smallest absolute Gasteiger partial charge is 0.239 e. The summed E-state index contributed by atoms with van der Waals surface area (Å²) in [5.41, 5.74) is 6.84. The zero-order valence-corrected chi connectivity index (χ0v) is 8.69. The fraction of sp³-hybridized carbons (Fsp3) is 0. The van der Waals surface area contributed by atoms with E-state index in [0.29, 0.717) is 23.0 Å². The minimum Gasteiger partial charge on any atom is -0.437 e. The lowest BCUT2D eigenvalue weighted by Crippen LogP contribution is -1.97. The monoisotopic (exact) mass is 228 g/mol. The highest BCUT2D eigenvalue weighted by molar-refractivity contribution is 5.45. The summed E-state index contributed by atoms with van der Waals surface area (Å²) in [7, 11) is 0. The number of nitrogens with zero attached hydrogens (tertiary/aromatic N) is 5. The number of rotatable bonds is 2. The van der Waals surface area contributed by atoms with Gasteiger partial charge in [-0.25, -0.2) is 0 Å². The third kappa shape index (κ3) is 1.85. The van der Waals surface area contributed by atoms with Crippen molar-refractivity contribution < 1.29 is 4.74 Å². The van der Waals surface area contributed by atoms with E-state index in [9.17, 15) is 0 Å². The van der Waals surface area contributed by atoms with Crippen molar-refractivity contribution in [1.29, 1.82) is 0 Å². The van der Waals surface area contributed by atoms with Gasteiger partial charge in [0.05, 0.1) is 0 Å². The Morgan fingerprint density at radius 1 is 1.18 bits per heavy atom. The molecule has 0 radical (unpaired) electrons. The molecule has 0 bridgehead atoms. The van der Waals surface area contributed by atoms with Crippen LogP contribution in [0.4, 0.5) is 5.69 Å². The summed E-state index contributed by atoms with van der Waals surface area (Å²) < 4.78 is 6.82. The number of hydrogen-bond acceptors (Lipinski definition) is 6. The molecule has 0 spiro atoms. The lowest BCUT2D eigenvalue weighted by atomic mass is 10.3. The van der Waals surface area contributed by atoms with Crippen LogP contribution in [-0.4, -0.2) is 25.3 Å². The van der Waals surface area contributed by atoms with Gasteiger partial charge in [-0.3, -0.25) is 0 Å². The average molecular weight is 228 g/mol. The van der Waals surface area contributed by atoms with Crippen molar-refractivity contribution in [2.45, 2.75) is 0 Å². The molecule has 0 saturated carbocycles. The van der Waals surface area contributed by atoms with Crippen molar-refractivity contribution in [3.63, 3.8) is 0 Å². The third-order valence-corrected chi connectivity index (χ3v) is 2.13. The maximum absolute atomic E-state index is 5.65. The number of tetrazole rings is 1. The Balaban J connectivity index is 1.94. The van der Waals surface area contributed by atoms with Crippen molar-refractivity contribution in [2.75, 3.05) is 5.73 Å². The van der Waals surface area contributed by atoms with E-state index in [-0.39, 0.29) is 0 Å². The highest BCUT2D eigenvalue weighted by atomic mass is 16.5. The van der Waals surface area contributed by atoms with Gasteiger partial charge in [-0.2, -0.15) is 0 Å². The van der Waals surface area contributed by atoms with E-state index in [4.69, 9.17) is 10.5 Å². The van der Waals surface area contributed by atoms with Crippen LogP contribution in [0.3, 0.4) is 0 Å². The van der Waals surface area contributed by atoms with Crippen LogP contribution in [0.5, 0.6) is 11.6 Å². The second kappa shape index (κ2) is 3.71. The van der Waals surface area contributed by atoms with Gasteiger partial charge in [0.1, 0.15) is 5.75 Å². The number of aromatic nitrogens is 5. The first-order chi connectivity index (χ1) is 8.31. The van der Waals surface area contributed by atoms with Crippen molar-refractivity contribution in [1.82, 2.24) is 25.3 Å². The lowest BCUT2D eigenvalue weighted by molar-refractivity contribution is 0.447. The molecule has 0 amide bonds. The summed E-state index contributed by atoms with van der Waals surface area (Å²) in [5.74, 6) is 1.01. The molecule has 2 aromatic heterocycles. The normalized spacial score (nSPS) is 10.6. The molecule has 2 heterocycles. The molecule has 1 aromatic carbocycles. The summed E-state index contributed by atoms with van der Waals surface area (Å²) in [6.45, 7) is 0. The summed E-state index contributed by atoms with van der Waals surface area (Å²) in [5, 5.41) is 15.0. The molecule has 7 heteroatoms. The zero-order chi connectivity index (χ0) is 11.7. The Morgan fingerprint density at radius 2 is 2.12 bits per heavy atom. The van der Waals surface area contributed by atoms with Crippen molar-refractivity contribution in [2.24, 2.45) is 0 Å². The van der Waals surface area contributed by atoms with Crippen LogP contribution in [0.15, 0.2) is 36.4 Å². The molecule has 3 rings (SSSR count). The zero-order valence-electron chi connectivity index (χ0n) is 8.69. The van der Waals surface area contributed by atoms with Gasteiger partial charge >= 0.3 is 0 Å². The molecule has 7 nitrogen and oxygen atoms in total. The number of nitrogen functional groups attached to an aromatic ring is 1. The van der Waals surface area contributed by atoms with Gasteiger partial charge in [0.2, 0.25) is 5.88 Å². The quantitative estimate of drug-likeness (QED) is 0.655. The Bertz CT molecular complexity index is 664. The molecular formula is C10H8N6O. The Hall–Kier alpha value is -2.70. The molecule has 3 aromatic rings. The molecule has 2 N–H and O–H groups in total. The number of hydrogen-bond donors (Lipinski definition) is 1. The minimum absolute atomic E-state index is 0.399. The van der Waals surface area contributed by atoms with Crippen LogP contribution in [0.1, 0.15) is 0 Å². The van der Waals surface area contributed by atoms with Crippen molar-refractivity contribution >= 4 is 11.3 Å². The standard InChI is InChI=1S/C10H8N6O/c11-7-2-1-3-8(6-7)17-10-5-4-9-12-14-15-16(9)13-10/h1-6H,11H2. The molecule has 0 unspecified atom stereocenters. The van der Waals surface area contributed by atoms with Gasteiger partial charge in [0.15, 0.2) is 5.65 Å². The number of anilines is 1. The predicted molar refractivity (Wildman–Crippen MR) is 59.5 cm³/mol. The molecule has 0 aliphatic rings. The van der Waals surface area contributed by atoms with Gasteiger partial charge in [-0.15, -0.1) is 14.8 Å². The number of fused-ring (bicyclic) bond motifs is 1. The van der Waals surface area contributed by atoms with E-state index in [2.05, 4.69) is 20.6 Å². The van der Waals surface area contributed by atoms with Crippen molar-refractivity contribution in [3.8, 4) is 11.6 Å². The number of benzene rings is 1. The van der Waals surface area contributed by atoms with Crippen LogP contribution < -0.4 is 10.5 Å². The Kier molecular flexibility index (Phi) is 2.08. The van der Waals surface area contributed by atoms with Crippen molar-refractivity contribution in [3.05, 3.63) is 36.4 Å². The summed E-state index contributed by atoms with van der Waals surface area (Å²) in [4.78, 5) is 0. The van der Waals surface area contributed by atoms with E-state index in [1.54, 1.807) is 36.4 Å². The second-order valence-corrected chi connectivity index (χ2v) is 3.37. The fourth-order valence-electron chi connectivity index (χ4n) is 1.39. The number of nitrogens with two attached hydrogens (primary N) is 1. The largest absolute Gasteiger partial charge is 0.437 e. The highest BCUT2D eigenvalue weighted by Crippen LogP contribution is 2.20. The minimum atomic E-state index is 0.399. The lowest BCUT2D eigenvalue weighted by Gasteiger charge is -2.04. The summed E-state index contributed by atoms with van der Waals surface area (Å²) in [6, 6.07) is 10.5. The molecule has 0 fully saturated rings. The van der Waals surface area contributed by atoms with E-state index in [1.807, 2.05) is 0 Å². The highest BCUT2D eigenvalue weighted by Gasteiger charge is 2.02. The van der Waals surface area contributed by atoms with Gasteiger partial charge in [-0.05, 0) is 28.6 Å². The molecule has 0 atom stereocenters. The van der Waals surface area contributed by atoms with E-state index in [1.165, 1.54) is 4.63 Å². The summed E-state index contributed by atoms with van der Waals surface area (Å²) in [6.07, 6.45) is 0. The van der Waals surface area contributed by atoms with Crippen LogP contribution in [0, 0.1) is 0 Å². The van der Waals surface area contributed by atoms with E-state index in [0.717, 1.165) is 0 Å². The second-order valence-electron chi connectivity index (χ2n) is 3.37. The average Bonchev–Trinajstić information content (AvgIpc) is 2.76. The Labute approximate surface area is 95.8 Å². The SMILES string of the molecule is Nc1cccc(Oc2ccc3nnnn3n2)c1. The van der Waals surface area contributed by atoms with Gasteiger partial charge < -0.3 is 10.5 Å². The number of ether oxygens (including phenoxy) is 1. The Morgan fingerprint density at radius 3 is 3.00 bits per heavy atom. The molecule has 17 heavy (non-hydrogen) atoms. The topological polar surface area (TPSA) is 91.2 Å². The van der Waals surface area contributed by atoms with Gasteiger partial charge in [0, 0.05) is 17.8 Å². The van der Waals surface area contributed by atoms with Crippen LogP contribution >= 0.6 is 0 Å². The fourth-order valence-corrected chi connectivity index (χ4v) is 1.39. The molecule has 0 saturated heterocycles. The predicted octanol–water partition coefficient (Wildman–Crippen LogP) is 0.894. The van der Waals surface area contributed by atoms with E-state index >= 15 is 0 Å². The first-order valence-electron chi connectivity index (χ1n) is 4.90. The maximum Gasteiger partial charge on any atom is 0.239 e. The van der Waals surface area contributed by atoms with Crippen LogP contribution in [0.25, 0.3) is 5.65 Å². The van der Waals surface area contributed by atoms with Crippen LogP contribution in [-0.2, 0) is 0 Å². The van der Waals surface area contributed by atoms with E-state index < -0.39 is 0 Å². The summed E-state index contributed by atoms with van der Waals surface area (Å²) >= 11 is 0. The van der Waals surface area contributed by atoms with Gasteiger partial charge in [0.25, 0.3) is 0 Å². The molecule has 0 aliphatic heterocycles. The first-order valence-corrected chi connectivity index (χ1v) is 4.90.